The van der Waals surface area contributed by atoms with E-state index in [1.165, 1.54) is 6.07 Å². The minimum atomic E-state index is -1.02. The summed E-state index contributed by atoms with van der Waals surface area (Å²) in [5.41, 5.74) is 4.78. The van der Waals surface area contributed by atoms with Crippen LogP contribution in [0.3, 0.4) is 0 Å². The average molecular weight is 354 g/mol. The minimum absolute atomic E-state index is 0.0700. The van der Waals surface area contributed by atoms with Crippen molar-refractivity contribution >= 4 is 5.97 Å². The summed E-state index contributed by atoms with van der Waals surface area (Å²) in [5.74, 6) is -1.12. The number of hydrogen-bond donors (Lipinski definition) is 1. The number of carbonyl (C=O) groups is 1. The van der Waals surface area contributed by atoms with E-state index >= 15 is 0 Å². The standard InChI is InChI=1S/C20H19FN2O3/c1-9-7-16(17(21)13(5)12(9)4)19-22-18(23-26-19)14-8-15(20(24)25)11(3)6-10(14)2/h6-8H,1-5H3,(H,24,25). The zero-order valence-corrected chi connectivity index (χ0v) is 15.3. The first-order valence-corrected chi connectivity index (χ1v) is 8.16. The number of aromatic carboxylic acids is 1. The van der Waals surface area contributed by atoms with Crippen LogP contribution in [0.25, 0.3) is 22.8 Å². The van der Waals surface area contributed by atoms with Crippen LogP contribution >= 0.6 is 0 Å². The van der Waals surface area contributed by atoms with Crippen molar-refractivity contribution in [1.82, 2.24) is 10.1 Å². The maximum absolute atomic E-state index is 14.6. The summed E-state index contributed by atoms with van der Waals surface area (Å²) >= 11 is 0. The number of benzene rings is 2. The lowest BCUT2D eigenvalue weighted by molar-refractivity contribution is 0.0696. The number of carboxylic acid groups (broad SMARTS) is 1. The first-order valence-electron chi connectivity index (χ1n) is 8.16. The number of carboxylic acids is 1. The van der Waals surface area contributed by atoms with E-state index < -0.39 is 11.8 Å². The monoisotopic (exact) mass is 354 g/mol. The second kappa shape index (κ2) is 6.37. The fraction of sp³-hybridized carbons (Fsp3) is 0.250. The molecule has 0 saturated carbocycles. The highest BCUT2D eigenvalue weighted by Crippen LogP contribution is 2.31. The zero-order valence-electron chi connectivity index (χ0n) is 15.3. The van der Waals surface area contributed by atoms with E-state index in [0.717, 1.165) is 16.7 Å². The molecule has 0 fully saturated rings. The molecular weight excluding hydrogens is 335 g/mol. The summed E-state index contributed by atoms with van der Waals surface area (Å²) in [6.07, 6.45) is 0. The Morgan fingerprint density at radius 2 is 1.65 bits per heavy atom. The van der Waals surface area contributed by atoms with Crippen molar-refractivity contribution < 1.29 is 18.8 Å². The molecule has 0 amide bonds. The van der Waals surface area contributed by atoms with E-state index in [0.29, 0.717) is 16.7 Å². The quantitative estimate of drug-likeness (QED) is 0.732. The van der Waals surface area contributed by atoms with Crippen LogP contribution in [0.4, 0.5) is 4.39 Å². The number of hydrogen-bond acceptors (Lipinski definition) is 4. The van der Waals surface area contributed by atoms with Gasteiger partial charge in [-0.25, -0.2) is 9.18 Å². The fourth-order valence-corrected chi connectivity index (χ4v) is 2.97. The molecule has 6 heteroatoms. The normalized spacial score (nSPS) is 11.0. The van der Waals surface area contributed by atoms with Crippen LogP contribution in [0.1, 0.15) is 38.2 Å². The van der Waals surface area contributed by atoms with E-state index in [-0.39, 0.29) is 22.8 Å². The van der Waals surface area contributed by atoms with Crippen molar-refractivity contribution in [3.63, 3.8) is 0 Å². The van der Waals surface area contributed by atoms with Crippen molar-refractivity contribution in [2.24, 2.45) is 0 Å². The molecule has 5 nitrogen and oxygen atoms in total. The molecule has 0 aliphatic carbocycles. The van der Waals surface area contributed by atoms with Crippen LogP contribution in [0.2, 0.25) is 0 Å². The lowest BCUT2D eigenvalue weighted by Gasteiger charge is -2.08. The van der Waals surface area contributed by atoms with Crippen LogP contribution in [0, 0.1) is 40.4 Å². The zero-order chi connectivity index (χ0) is 19.2. The second-order valence-corrected chi connectivity index (χ2v) is 6.52. The van der Waals surface area contributed by atoms with Crippen LogP contribution in [-0.2, 0) is 0 Å². The van der Waals surface area contributed by atoms with Crippen molar-refractivity contribution in [2.75, 3.05) is 0 Å². The Balaban J connectivity index is 2.13. The molecule has 0 radical (unpaired) electrons. The molecule has 3 aromatic rings. The van der Waals surface area contributed by atoms with E-state index in [1.807, 2.05) is 20.8 Å². The number of aromatic nitrogens is 2. The van der Waals surface area contributed by atoms with E-state index in [2.05, 4.69) is 10.1 Å². The summed E-state index contributed by atoms with van der Waals surface area (Å²) in [6, 6.07) is 4.96. The van der Waals surface area contributed by atoms with Gasteiger partial charge in [-0.15, -0.1) is 0 Å². The molecule has 26 heavy (non-hydrogen) atoms. The van der Waals surface area contributed by atoms with Gasteiger partial charge >= 0.3 is 5.97 Å². The van der Waals surface area contributed by atoms with Crippen LogP contribution in [-0.4, -0.2) is 21.2 Å². The van der Waals surface area contributed by atoms with Gasteiger partial charge in [0, 0.05) is 5.56 Å². The van der Waals surface area contributed by atoms with Gasteiger partial charge in [0.1, 0.15) is 5.82 Å². The second-order valence-electron chi connectivity index (χ2n) is 6.52. The topological polar surface area (TPSA) is 76.2 Å². The molecule has 0 aliphatic rings. The molecule has 0 bridgehead atoms. The molecular formula is C20H19FN2O3. The summed E-state index contributed by atoms with van der Waals surface area (Å²) in [6.45, 7) is 9.03. The Morgan fingerprint density at radius 3 is 2.31 bits per heavy atom. The number of halogens is 1. The van der Waals surface area contributed by atoms with Gasteiger partial charge in [0.05, 0.1) is 11.1 Å². The Kier molecular flexibility index (Phi) is 4.36. The SMILES string of the molecule is Cc1cc(C)c(-c2noc(-c3cc(C)c(C)c(C)c3F)n2)cc1C(=O)O. The molecule has 0 spiro atoms. The Bertz CT molecular complexity index is 1040. The largest absolute Gasteiger partial charge is 0.478 e. The highest BCUT2D eigenvalue weighted by molar-refractivity contribution is 5.91. The molecule has 1 aromatic heterocycles. The summed E-state index contributed by atoms with van der Waals surface area (Å²) in [7, 11) is 0. The molecule has 0 atom stereocenters. The molecule has 0 unspecified atom stereocenters. The third-order valence-corrected chi connectivity index (χ3v) is 4.78. The Hall–Kier alpha value is -3.02. The number of aryl methyl sites for hydroxylation is 3. The van der Waals surface area contributed by atoms with Gasteiger partial charge in [-0.3, -0.25) is 0 Å². The Labute approximate surface area is 150 Å². The van der Waals surface area contributed by atoms with Crippen LogP contribution < -0.4 is 0 Å². The van der Waals surface area contributed by atoms with Gasteiger partial charge in [0.25, 0.3) is 5.89 Å². The van der Waals surface area contributed by atoms with Crippen molar-refractivity contribution in [2.45, 2.75) is 34.6 Å². The van der Waals surface area contributed by atoms with Gasteiger partial charge in [0.15, 0.2) is 0 Å². The van der Waals surface area contributed by atoms with Gasteiger partial charge in [0.2, 0.25) is 5.82 Å². The van der Waals surface area contributed by atoms with Gasteiger partial charge in [-0.05, 0) is 74.6 Å². The van der Waals surface area contributed by atoms with Crippen molar-refractivity contribution in [3.8, 4) is 22.8 Å². The van der Waals surface area contributed by atoms with Gasteiger partial charge in [-0.2, -0.15) is 4.98 Å². The fourth-order valence-electron chi connectivity index (χ4n) is 2.97. The van der Waals surface area contributed by atoms with Gasteiger partial charge in [-0.1, -0.05) is 11.2 Å². The predicted octanol–water partition coefficient (Wildman–Crippen LogP) is 4.78. The molecule has 2 aromatic carbocycles. The first-order chi connectivity index (χ1) is 12.2. The van der Waals surface area contributed by atoms with E-state index in [4.69, 9.17) is 4.52 Å². The lowest BCUT2D eigenvalue weighted by atomic mass is 9.99. The van der Waals surface area contributed by atoms with Gasteiger partial charge < -0.3 is 9.63 Å². The molecule has 3 rings (SSSR count). The molecule has 1 N–H and O–H groups in total. The summed E-state index contributed by atoms with van der Waals surface area (Å²) in [4.78, 5) is 15.7. The van der Waals surface area contributed by atoms with Crippen LogP contribution in [0.15, 0.2) is 22.7 Å². The average Bonchev–Trinajstić information content (AvgIpc) is 3.05. The first kappa shape index (κ1) is 17.8. The number of nitrogens with zero attached hydrogens (tertiary/aromatic N) is 2. The van der Waals surface area contributed by atoms with E-state index in [9.17, 15) is 14.3 Å². The molecule has 0 saturated heterocycles. The van der Waals surface area contributed by atoms with Crippen molar-refractivity contribution in [3.05, 3.63) is 57.4 Å². The van der Waals surface area contributed by atoms with Crippen LogP contribution in [0.5, 0.6) is 0 Å². The molecule has 1 heterocycles. The summed E-state index contributed by atoms with van der Waals surface area (Å²) < 4.78 is 19.9. The smallest absolute Gasteiger partial charge is 0.335 e. The highest BCUT2D eigenvalue weighted by Gasteiger charge is 2.20. The van der Waals surface area contributed by atoms with E-state index in [1.54, 1.807) is 26.0 Å². The maximum atomic E-state index is 14.6. The predicted molar refractivity (Wildman–Crippen MR) is 95.8 cm³/mol. The molecule has 134 valence electrons. The van der Waals surface area contributed by atoms with Crippen molar-refractivity contribution in [1.29, 1.82) is 0 Å². The minimum Gasteiger partial charge on any atom is -0.478 e. The lowest BCUT2D eigenvalue weighted by Crippen LogP contribution is -2.01. The third kappa shape index (κ3) is 2.87. The Morgan fingerprint density at radius 1 is 0.962 bits per heavy atom. The maximum Gasteiger partial charge on any atom is 0.335 e. The number of rotatable bonds is 3. The third-order valence-electron chi connectivity index (χ3n) is 4.78. The summed E-state index contributed by atoms with van der Waals surface area (Å²) in [5, 5.41) is 13.3. The highest BCUT2D eigenvalue weighted by atomic mass is 19.1. The molecule has 0 aliphatic heterocycles.